The molecule has 0 aliphatic heterocycles. The number of hydrogen-bond donors (Lipinski definition) is 5. The molecule has 142 valence electrons. The van der Waals surface area contributed by atoms with Crippen molar-refractivity contribution in [1.82, 2.24) is 15.3 Å². The second-order valence-electron chi connectivity index (χ2n) is 6.11. The number of rotatable bonds is 5. The van der Waals surface area contributed by atoms with Gasteiger partial charge in [0.05, 0.1) is 11.0 Å². The number of H-pyrrole nitrogens is 2. The van der Waals surface area contributed by atoms with E-state index in [1.54, 1.807) is 19.1 Å². The summed E-state index contributed by atoms with van der Waals surface area (Å²) in [5, 5.41) is 2.94. The Morgan fingerprint density at radius 2 is 1.67 bits per heavy atom. The molecule has 8 nitrogen and oxygen atoms in total. The maximum atomic E-state index is 12.2. The molecule has 2 atom stereocenters. The third-order valence-electron chi connectivity index (χ3n) is 4.20. The Morgan fingerprint density at radius 3 is 2.30 bits per heavy atom. The highest BCUT2D eigenvalue weighted by Gasteiger charge is 2.33. The Hall–Kier alpha value is -2.03. The van der Waals surface area contributed by atoms with Gasteiger partial charge in [-0.05, 0) is 30.7 Å². The number of aromatic amines is 2. The lowest BCUT2D eigenvalue weighted by molar-refractivity contribution is 0.341. The molecule has 5 N–H and O–H groups in total. The molecule has 3 aromatic rings. The fourth-order valence-electron chi connectivity index (χ4n) is 2.84. The number of nitrogens with one attached hydrogen (secondary N) is 3. The van der Waals surface area contributed by atoms with Gasteiger partial charge in [-0.1, -0.05) is 40.2 Å². The highest BCUT2D eigenvalue weighted by Crippen LogP contribution is 2.51. The third kappa shape index (κ3) is 4.28. The van der Waals surface area contributed by atoms with E-state index in [1.165, 1.54) is 6.07 Å². The van der Waals surface area contributed by atoms with Crippen molar-refractivity contribution in [3.8, 4) is 0 Å². The Balaban J connectivity index is 2.09. The van der Waals surface area contributed by atoms with Gasteiger partial charge in [0.15, 0.2) is 0 Å². The number of para-hydroxylation sites is 1. The first-order chi connectivity index (χ1) is 12.7. The van der Waals surface area contributed by atoms with E-state index in [2.05, 4.69) is 31.2 Å². The van der Waals surface area contributed by atoms with Crippen molar-refractivity contribution < 1.29 is 14.4 Å². The van der Waals surface area contributed by atoms with Crippen LogP contribution in [0, 0.1) is 0 Å². The van der Waals surface area contributed by atoms with Gasteiger partial charge in [-0.15, -0.1) is 0 Å². The first kappa shape index (κ1) is 19.7. The van der Waals surface area contributed by atoms with E-state index in [-0.39, 0.29) is 22.6 Å². The summed E-state index contributed by atoms with van der Waals surface area (Å²) in [6.07, 6.45) is 0. The van der Waals surface area contributed by atoms with Crippen molar-refractivity contribution in [3.63, 3.8) is 0 Å². The lowest BCUT2D eigenvalue weighted by Crippen LogP contribution is -2.30. The molecular formula is C17H17BrN3O5P. The van der Waals surface area contributed by atoms with Gasteiger partial charge in [0, 0.05) is 16.1 Å². The molecule has 0 spiro atoms. The van der Waals surface area contributed by atoms with E-state index < -0.39 is 24.5 Å². The molecule has 0 aliphatic rings. The summed E-state index contributed by atoms with van der Waals surface area (Å²) in [6.45, 7) is 1.78. The van der Waals surface area contributed by atoms with Crippen molar-refractivity contribution in [2.24, 2.45) is 0 Å². The second kappa shape index (κ2) is 7.53. The molecule has 0 fully saturated rings. The Labute approximate surface area is 161 Å². The molecular weight excluding hydrogens is 437 g/mol. The molecule has 1 aromatic heterocycles. The summed E-state index contributed by atoms with van der Waals surface area (Å²) in [4.78, 5) is 47.9. The van der Waals surface area contributed by atoms with Crippen molar-refractivity contribution >= 4 is 34.6 Å². The minimum atomic E-state index is -4.65. The molecule has 0 aliphatic carbocycles. The van der Waals surface area contributed by atoms with Gasteiger partial charge < -0.3 is 19.8 Å². The molecule has 2 aromatic carbocycles. The zero-order chi connectivity index (χ0) is 19.8. The predicted octanol–water partition coefficient (Wildman–Crippen LogP) is 2.51. The maximum Gasteiger partial charge on any atom is 0.346 e. The fraction of sp³-hybridized carbons (Fsp3) is 0.176. The summed E-state index contributed by atoms with van der Waals surface area (Å²) in [7, 11) is -4.65. The maximum absolute atomic E-state index is 12.2. The lowest BCUT2D eigenvalue weighted by Gasteiger charge is -2.25. The van der Waals surface area contributed by atoms with Crippen LogP contribution in [0.25, 0.3) is 11.0 Å². The molecule has 0 amide bonds. The molecule has 0 saturated heterocycles. The smallest absolute Gasteiger partial charge is 0.323 e. The molecule has 1 heterocycles. The van der Waals surface area contributed by atoms with Crippen LogP contribution < -0.4 is 16.4 Å². The van der Waals surface area contributed by atoms with Gasteiger partial charge in [-0.25, -0.2) is 0 Å². The van der Waals surface area contributed by atoms with Crippen LogP contribution in [0.1, 0.15) is 29.9 Å². The van der Waals surface area contributed by atoms with E-state index in [0.717, 1.165) is 10.0 Å². The van der Waals surface area contributed by atoms with Gasteiger partial charge >= 0.3 is 18.7 Å². The summed E-state index contributed by atoms with van der Waals surface area (Å²) < 4.78 is 13.1. The summed E-state index contributed by atoms with van der Waals surface area (Å²) in [6, 6.07) is 11.6. The number of fused-ring (bicyclic) bond motifs is 1. The lowest BCUT2D eigenvalue weighted by atomic mass is 10.1. The van der Waals surface area contributed by atoms with Crippen molar-refractivity contribution in [3.05, 3.63) is 78.8 Å². The van der Waals surface area contributed by atoms with Crippen LogP contribution in [0.3, 0.4) is 0 Å². The van der Waals surface area contributed by atoms with Gasteiger partial charge in [-0.3, -0.25) is 19.5 Å². The molecule has 3 rings (SSSR count). The highest BCUT2D eigenvalue weighted by atomic mass is 79.9. The number of halogens is 1. The van der Waals surface area contributed by atoms with E-state index >= 15 is 0 Å². The standard InChI is InChI=1S/C17H17BrN3O5P/c1-9(10-5-7-11(18)8-6-10)19-17(27(24,25)26)12-3-2-4-13-14(12)21-16(23)15(22)20-13/h2-9,17,19H,1H3,(H,20,22)(H,21,23)(H2,24,25,26)/t9-,17+/m1/s1. The quantitative estimate of drug-likeness (QED) is 0.297. The van der Waals surface area contributed by atoms with E-state index in [0.29, 0.717) is 0 Å². The third-order valence-corrected chi connectivity index (χ3v) is 5.83. The summed E-state index contributed by atoms with van der Waals surface area (Å²) >= 11 is 3.35. The second-order valence-corrected chi connectivity index (χ2v) is 8.72. The number of hydrogen-bond acceptors (Lipinski definition) is 4. The largest absolute Gasteiger partial charge is 0.346 e. The van der Waals surface area contributed by atoms with Crippen molar-refractivity contribution in [1.29, 1.82) is 0 Å². The van der Waals surface area contributed by atoms with E-state index in [4.69, 9.17) is 0 Å². The number of benzene rings is 2. The van der Waals surface area contributed by atoms with E-state index in [9.17, 15) is 23.9 Å². The topological polar surface area (TPSA) is 135 Å². The van der Waals surface area contributed by atoms with Crippen LogP contribution in [-0.2, 0) is 4.57 Å². The molecule has 0 saturated carbocycles. The fourth-order valence-corrected chi connectivity index (χ4v) is 4.10. The van der Waals surface area contributed by atoms with Gasteiger partial charge in [0.2, 0.25) is 0 Å². The average Bonchev–Trinajstić information content (AvgIpc) is 2.60. The summed E-state index contributed by atoms with van der Waals surface area (Å²) in [5.74, 6) is -1.37. The Morgan fingerprint density at radius 1 is 1.04 bits per heavy atom. The van der Waals surface area contributed by atoms with Crippen LogP contribution in [0.2, 0.25) is 0 Å². The molecule has 27 heavy (non-hydrogen) atoms. The van der Waals surface area contributed by atoms with Crippen LogP contribution in [0.15, 0.2) is 56.5 Å². The monoisotopic (exact) mass is 453 g/mol. The average molecular weight is 454 g/mol. The normalized spacial score (nSPS) is 14.2. The summed E-state index contributed by atoms with van der Waals surface area (Å²) in [5.41, 5.74) is -0.236. The minimum absolute atomic E-state index is 0.172. The van der Waals surface area contributed by atoms with Gasteiger partial charge in [-0.2, -0.15) is 0 Å². The Kier molecular flexibility index (Phi) is 5.50. The van der Waals surface area contributed by atoms with Crippen LogP contribution in [0.4, 0.5) is 0 Å². The predicted molar refractivity (Wildman–Crippen MR) is 106 cm³/mol. The molecule has 0 radical (unpaired) electrons. The van der Waals surface area contributed by atoms with E-state index in [1.807, 2.05) is 24.3 Å². The van der Waals surface area contributed by atoms with Crippen molar-refractivity contribution in [2.75, 3.05) is 0 Å². The highest BCUT2D eigenvalue weighted by molar-refractivity contribution is 9.10. The molecule has 0 unspecified atom stereocenters. The Bertz CT molecular complexity index is 1140. The number of aromatic nitrogens is 2. The first-order valence-electron chi connectivity index (χ1n) is 7.99. The van der Waals surface area contributed by atoms with Crippen molar-refractivity contribution in [2.45, 2.75) is 18.7 Å². The van der Waals surface area contributed by atoms with Crippen LogP contribution in [-0.4, -0.2) is 19.8 Å². The van der Waals surface area contributed by atoms with Crippen LogP contribution >= 0.6 is 23.5 Å². The van der Waals surface area contributed by atoms with Crippen LogP contribution in [0.5, 0.6) is 0 Å². The zero-order valence-electron chi connectivity index (χ0n) is 14.1. The minimum Gasteiger partial charge on any atom is -0.323 e. The first-order valence-corrected chi connectivity index (χ1v) is 10.5. The molecule has 10 heteroatoms. The molecule has 0 bridgehead atoms. The zero-order valence-corrected chi connectivity index (χ0v) is 16.6. The van der Waals surface area contributed by atoms with Gasteiger partial charge in [0.25, 0.3) is 0 Å². The van der Waals surface area contributed by atoms with Gasteiger partial charge in [0.1, 0.15) is 5.78 Å². The SMILES string of the molecule is C[C@@H](N[C@H](c1cccc2[nH]c(=O)c(=O)[nH]c12)P(=O)(O)O)c1ccc(Br)cc1.